The lowest BCUT2D eigenvalue weighted by Gasteiger charge is -2.39. The van der Waals surface area contributed by atoms with E-state index in [0.717, 1.165) is 0 Å². The van der Waals surface area contributed by atoms with Gasteiger partial charge >= 0.3 is 0 Å². The summed E-state index contributed by atoms with van der Waals surface area (Å²) in [5, 5.41) is 1.55. The molecule has 1 aliphatic carbocycles. The molecule has 0 saturated carbocycles. The minimum atomic E-state index is -1.80. The Morgan fingerprint density at radius 1 is 0.659 bits per heavy atom. The summed E-state index contributed by atoms with van der Waals surface area (Å²) in [5.41, 5.74) is 11.5. The molecule has 222 valence electrons. The number of hydrogen-bond acceptors (Lipinski definition) is 1. The maximum atomic E-state index is 5.91. The first-order chi connectivity index (χ1) is 18.8. The average molecular weight is 586 g/mol. The van der Waals surface area contributed by atoms with Gasteiger partial charge < -0.3 is 4.41 Å². The van der Waals surface area contributed by atoms with Crippen LogP contribution in [-0.2, 0) is 10.8 Å². The van der Waals surface area contributed by atoms with Crippen molar-refractivity contribution >= 4 is 20.6 Å². The van der Waals surface area contributed by atoms with Gasteiger partial charge in [-0.3, -0.25) is 0 Å². The van der Waals surface area contributed by atoms with E-state index in [1.807, 2.05) is 0 Å². The number of rotatable bonds is 6. The summed E-state index contributed by atoms with van der Waals surface area (Å²) in [6.45, 7) is 33.5. The van der Waals surface area contributed by atoms with Gasteiger partial charge in [-0.05, 0) is 79.4 Å². The second-order valence-electron chi connectivity index (χ2n) is 16.1. The average Bonchev–Trinajstić information content (AvgIpc) is 3.18. The summed E-state index contributed by atoms with van der Waals surface area (Å²) >= 11 is 0. The lowest BCUT2D eigenvalue weighted by molar-refractivity contribution is 0.584. The van der Waals surface area contributed by atoms with E-state index in [4.69, 9.17) is 4.41 Å². The molecule has 0 heterocycles. The Morgan fingerprint density at radius 3 is 1.49 bits per heavy atom. The smallest absolute Gasteiger partial charge is 0.170 e. The Hall–Kier alpha value is -1.89. The van der Waals surface area contributed by atoms with Crippen LogP contribution in [0.15, 0.2) is 65.1 Å². The van der Waals surface area contributed by atoms with Gasteiger partial charge in [-0.2, -0.15) is 0 Å². The van der Waals surface area contributed by atoms with Crippen LogP contribution >= 0.6 is 7.05 Å². The van der Waals surface area contributed by atoms with Crippen molar-refractivity contribution in [2.45, 2.75) is 130 Å². The van der Waals surface area contributed by atoms with Crippen LogP contribution in [0.25, 0.3) is 11.1 Å². The zero-order valence-corrected chi connectivity index (χ0v) is 30.4. The van der Waals surface area contributed by atoms with E-state index in [9.17, 15) is 0 Å². The molecule has 0 saturated heterocycles. The van der Waals surface area contributed by atoms with Crippen LogP contribution in [0.3, 0.4) is 0 Å². The van der Waals surface area contributed by atoms with Crippen molar-refractivity contribution < 1.29 is 0 Å². The zero-order chi connectivity index (χ0) is 30.7. The van der Waals surface area contributed by atoms with E-state index in [1.54, 1.807) is 5.30 Å². The second-order valence-corrected chi connectivity index (χ2v) is 25.3. The highest BCUT2D eigenvalue weighted by atomic mass is 31.2. The Labute approximate surface area is 253 Å². The van der Waals surface area contributed by atoms with Crippen LogP contribution in [0.4, 0.5) is 0 Å². The fourth-order valence-corrected chi connectivity index (χ4v) is 16.7. The summed E-state index contributed by atoms with van der Waals surface area (Å²) in [6.07, 6.45) is 0. The van der Waals surface area contributed by atoms with E-state index in [-0.39, 0.29) is 10.8 Å². The molecule has 3 heteroatoms. The monoisotopic (exact) mass is 585 g/mol. The third-order valence-electron chi connectivity index (χ3n) is 9.15. The van der Waals surface area contributed by atoms with E-state index in [0.29, 0.717) is 23.2 Å². The molecule has 1 unspecified atom stereocenters. The second kappa shape index (κ2) is 11.0. The van der Waals surface area contributed by atoms with Crippen LogP contribution in [0.1, 0.15) is 116 Å². The Morgan fingerprint density at radius 2 is 1.10 bits per heavy atom. The van der Waals surface area contributed by atoms with Crippen molar-refractivity contribution in [2.75, 3.05) is 0 Å². The normalized spacial score (nSPS) is 15.3. The molecule has 3 aromatic carbocycles. The maximum Gasteiger partial charge on any atom is 0.170 e. The largest absolute Gasteiger partial charge is 0.333 e. The van der Waals surface area contributed by atoms with Crippen LogP contribution in [0.2, 0.25) is 19.6 Å². The summed E-state index contributed by atoms with van der Waals surface area (Å²) in [7, 11) is -3.49. The first-order valence-corrected chi connectivity index (χ1v) is 21.1. The van der Waals surface area contributed by atoms with Crippen molar-refractivity contribution in [1.82, 2.24) is 0 Å². The molecule has 4 rings (SSSR count). The highest BCUT2D eigenvalue weighted by Gasteiger charge is 2.39. The van der Waals surface area contributed by atoms with E-state index >= 15 is 0 Å². The van der Waals surface area contributed by atoms with E-state index in [1.165, 1.54) is 38.9 Å². The predicted molar refractivity (Wildman–Crippen MR) is 189 cm³/mol. The molecule has 0 fully saturated rings. The zero-order valence-electron chi connectivity index (χ0n) is 28.5. The molecule has 0 N–H and O–H groups in total. The van der Waals surface area contributed by atoms with Gasteiger partial charge in [-0.1, -0.05) is 156 Å². The van der Waals surface area contributed by atoms with Crippen LogP contribution in [0, 0.1) is 0 Å². The highest BCUT2D eigenvalue weighted by Crippen LogP contribution is 2.61. The Kier molecular flexibility index (Phi) is 8.58. The Balaban J connectivity index is 2.04. The lowest BCUT2D eigenvalue weighted by Crippen LogP contribution is -2.29. The molecular weight excluding hydrogens is 529 g/mol. The predicted octanol–water partition coefficient (Wildman–Crippen LogP) is 11.7. The van der Waals surface area contributed by atoms with Gasteiger partial charge in [0.1, 0.15) is 0 Å². The molecule has 41 heavy (non-hydrogen) atoms. The first-order valence-electron chi connectivity index (χ1n) is 15.8. The molecule has 1 aliphatic rings. The molecule has 0 bridgehead atoms. The number of hydrogen-bond donors (Lipinski definition) is 0. The van der Waals surface area contributed by atoms with Crippen molar-refractivity contribution in [1.29, 1.82) is 0 Å². The van der Waals surface area contributed by atoms with Crippen molar-refractivity contribution in [3.63, 3.8) is 0 Å². The molecule has 0 amide bonds. The van der Waals surface area contributed by atoms with Gasteiger partial charge in [0.25, 0.3) is 0 Å². The summed E-state index contributed by atoms with van der Waals surface area (Å²) in [4.78, 5) is 0. The van der Waals surface area contributed by atoms with E-state index < -0.39 is 15.3 Å². The SMILES string of the molecule is CC(c1ccccc1P(=N[Si](C)(C)C)(C(C)C)C(C)C)C1c2cc(C(C)(C)C)ccc2-c2ccc(C(C)(C)C)cc21. The topological polar surface area (TPSA) is 12.4 Å². The van der Waals surface area contributed by atoms with Crippen LogP contribution in [0.5, 0.6) is 0 Å². The van der Waals surface area contributed by atoms with Gasteiger partial charge in [0, 0.05) is 5.92 Å². The summed E-state index contributed by atoms with van der Waals surface area (Å²) in [6, 6.07) is 24.1. The quantitative estimate of drug-likeness (QED) is 0.201. The fourth-order valence-electron chi connectivity index (χ4n) is 7.08. The number of nitrogens with zero attached hydrogens (tertiary/aromatic N) is 1. The fraction of sp³-hybridized carbons (Fsp3) is 0.526. The standard InChI is InChI=1S/C38H56NPSi/c1-25(2)40(26(3)4,39-41(12,13)14)35-18-16-15-17-30(35)27(5)36-33-23-28(37(6,7)8)19-21-31(33)32-22-20-29(24-34(32)36)38(9,10)11/h15-27,36H,1-14H3. The number of fused-ring (bicyclic) bond motifs is 3. The Bertz CT molecular complexity index is 1400. The third kappa shape index (κ3) is 5.99. The summed E-state index contributed by atoms with van der Waals surface area (Å²) in [5.74, 6) is 0.657. The van der Waals surface area contributed by atoms with Gasteiger partial charge in [0.15, 0.2) is 8.24 Å². The minimum Gasteiger partial charge on any atom is -0.333 e. The van der Waals surface area contributed by atoms with Gasteiger partial charge in [-0.25, -0.2) is 0 Å². The minimum absolute atomic E-state index is 0.109. The molecule has 1 nitrogen and oxygen atoms in total. The van der Waals surface area contributed by atoms with Crippen molar-refractivity contribution in [3.8, 4) is 11.1 Å². The molecule has 0 radical (unpaired) electrons. The van der Waals surface area contributed by atoms with Gasteiger partial charge in [0.05, 0.1) is 0 Å². The first kappa shape index (κ1) is 32.0. The maximum absolute atomic E-state index is 5.91. The third-order valence-corrected chi connectivity index (χ3v) is 17.2. The molecule has 0 spiro atoms. The lowest BCUT2D eigenvalue weighted by atomic mass is 9.77. The molecular formula is C38H56NPSi. The number of benzene rings is 3. The molecule has 1 atom stereocenters. The van der Waals surface area contributed by atoms with Crippen molar-refractivity contribution in [2.24, 2.45) is 4.41 Å². The van der Waals surface area contributed by atoms with E-state index in [2.05, 4.69) is 156 Å². The highest BCUT2D eigenvalue weighted by molar-refractivity contribution is 7.76. The van der Waals surface area contributed by atoms with Crippen LogP contribution in [-0.4, -0.2) is 19.6 Å². The van der Waals surface area contributed by atoms with Crippen LogP contribution < -0.4 is 5.30 Å². The molecule has 0 aliphatic heterocycles. The van der Waals surface area contributed by atoms with Gasteiger partial charge in [0.2, 0.25) is 0 Å². The van der Waals surface area contributed by atoms with Gasteiger partial charge in [-0.15, -0.1) is 0 Å². The molecule has 3 aromatic rings. The van der Waals surface area contributed by atoms with Crippen molar-refractivity contribution in [3.05, 3.63) is 88.5 Å². The molecule has 0 aromatic heterocycles. The summed E-state index contributed by atoms with van der Waals surface area (Å²) < 4.78 is 5.91.